The van der Waals surface area contributed by atoms with E-state index >= 15 is 0 Å². The minimum absolute atomic E-state index is 0. The first-order valence-corrected chi connectivity index (χ1v) is 12.1. The van der Waals surface area contributed by atoms with E-state index < -0.39 is 60.1 Å². The molecule has 0 atom stereocenters. The van der Waals surface area contributed by atoms with Crippen LogP contribution < -0.4 is 177 Å². The summed E-state index contributed by atoms with van der Waals surface area (Å²) in [5.74, 6) is 0. The van der Waals surface area contributed by atoms with E-state index in [2.05, 4.69) is 0 Å². The van der Waals surface area contributed by atoms with Crippen molar-refractivity contribution < 1.29 is 229 Å². The Hall–Kier alpha value is 4.08. The standard InChI is InChI=1S/2C6H6O6S2.6Na/c2*7-13(8,9)5-1-2-6(4-3-5)14(10,11)12;;;;;;/h2*1-4H,(H,7,8,9)(H,10,11,12);;;;;;/q;;6*+1/p-4. The van der Waals surface area contributed by atoms with Gasteiger partial charge in [0.15, 0.2) is 0 Å². The van der Waals surface area contributed by atoms with Gasteiger partial charge in [-0.1, -0.05) is 0 Å². The maximum absolute atomic E-state index is 10.4. The van der Waals surface area contributed by atoms with Crippen molar-refractivity contribution in [3.05, 3.63) is 48.5 Å². The van der Waals surface area contributed by atoms with Gasteiger partial charge < -0.3 is 18.2 Å². The molecule has 2 aromatic carbocycles. The molecule has 0 aliphatic heterocycles. The van der Waals surface area contributed by atoms with Crippen LogP contribution in [0.2, 0.25) is 0 Å². The number of hydrogen-bond acceptors (Lipinski definition) is 12. The quantitative estimate of drug-likeness (QED) is 0.232. The first kappa shape index (κ1) is 50.9. The van der Waals surface area contributed by atoms with Crippen molar-refractivity contribution in [1.82, 2.24) is 0 Å². The smallest absolute Gasteiger partial charge is 0.744 e. The Labute approximate surface area is 330 Å². The second-order valence-corrected chi connectivity index (χ2v) is 10.3. The zero-order valence-electron chi connectivity index (χ0n) is 19.2. The van der Waals surface area contributed by atoms with Gasteiger partial charge in [-0.3, -0.25) is 0 Å². The van der Waals surface area contributed by atoms with Crippen LogP contribution in [0.5, 0.6) is 0 Å². The molecular weight excluding hydrogens is 602 g/mol. The summed E-state index contributed by atoms with van der Waals surface area (Å²) < 4.78 is 125. The molecule has 0 heterocycles. The molecule has 0 spiro atoms. The van der Waals surface area contributed by atoms with E-state index in [0.29, 0.717) is 0 Å². The van der Waals surface area contributed by atoms with Gasteiger partial charge in [-0.2, -0.15) is 0 Å². The van der Waals surface area contributed by atoms with E-state index in [1.54, 1.807) is 0 Å². The third-order valence-electron chi connectivity index (χ3n) is 2.80. The number of rotatable bonds is 4. The van der Waals surface area contributed by atoms with Gasteiger partial charge in [0.1, 0.15) is 40.5 Å². The molecule has 0 N–H and O–H groups in total. The van der Waals surface area contributed by atoms with Crippen LogP contribution in [0.1, 0.15) is 0 Å². The predicted octanol–water partition coefficient (Wildman–Crippen LogP) is -19.0. The zero-order chi connectivity index (χ0) is 22.0. The summed E-state index contributed by atoms with van der Waals surface area (Å²) in [6.45, 7) is 0. The first-order valence-electron chi connectivity index (χ1n) is 6.46. The third-order valence-corrected chi connectivity index (χ3v) is 6.20. The van der Waals surface area contributed by atoms with E-state index in [0.717, 1.165) is 48.5 Å². The van der Waals surface area contributed by atoms with Gasteiger partial charge in [-0.25, -0.2) is 33.7 Å². The molecule has 156 valence electrons. The maximum atomic E-state index is 10.4. The fourth-order valence-electron chi connectivity index (χ4n) is 1.55. The SMILES string of the molecule is O=S(=O)([O-])c1ccc(S(=O)(=O)[O-])cc1.O=S(=O)([O-])c1ccc(S(=O)(=O)[O-])cc1.[Na+].[Na+].[Na+].[Na+].[Na+].[Na+]. The van der Waals surface area contributed by atoms with Gasteiger partial charge in [0.2, 0.25) is 0 Å². The van der Waals surface area contributed by atoms with E-state index in [1.807, 2.05) is 0 Å². The van der Waals surface area contributed by atoms with E-state index in [9.17, 15) is 51.9 Å². The molecule has 0 aromatic heterocycles. The van der Waals surface area contributed by atoms with Gasteiger partial charge in [0.05, 0.1) is 19.6 Å². The van der Waals surface area contributed by atoms with Crippen LogP contribution in [-0.2, 0) is 40.5 Å². The van der Waals surface area contributed by atoms with E-state index in [1.165, 1.54) is 0 Å². The van der Waals surface area contributed by atoms with Crippen molar-refractivity contribution in [3.63, 3.8) is 0 Å². The molecule has 22 heteroatoms. The molecule has 0 bridgehead atoms. The molecule has 0 saturated carbocycles. The molecule has 0 amide bonds. The van der Waals surface area contributed by atoms with E-state index in [-0.39, 0.29) is 177 Å². The topological polar surface area (TPSA) is 229 Å². The summed E-state index contributed by atoms with van der Waals surface area (Å²) in [5, 5.41) is 0. The summed E-state index contributed by atoms with van der Waals surface area (Å²) in [6, 6.07) is 6.17. The van der Waals surface area contributed by atoms with Crippen LogP contribution in [0.3, 0.4) is 0 Å². The van der Waals surface area contributed by atoms with Gasteiger partial charge in [0.25, 0.3) is 0 Å². The largest absolute Gasteiger partial charge is 1.00 e. The second kappa shape index (κ2) is 20.9. The molecular formula is C12H8Na6O12S4+2. The van der Waals surface area contributed by atoms with Crippen LogP contribution in [0.4, 0.5) is 0 Å². The first-order chi connectivity index (χ1) is 12.4. The average molecular weight is 610 g/mol. The monoisotopic (exact) mass is 610 g/mol. The Bertz CT molecular complexity index is 1070. The second-order valence-electron chi connectivity index (χ2n) is 4.76. The Morgan fingerprint density at radius 2 is 0.412 bits per heavy atom. The fourth-order valence-corrected chi connectivity index (χ4v) is 3.42. The molecule has 0 fully saturated rings. The molecule has 0 aliphatic carbocycles. The van der Waals surface area contributed by atoms with Crippen molar-refractivity contribution in [2.75, 3.05) is 0 Å². The molecule has 0 unspecified atom stereocenters. The van der Waals surface area contributed by atoms with Gasteiger partial charge >= 0.3 is 177 Å². The Kier molecular flexibility index (Phi) is 31.2. The third kappa shape index (κ3) is 19.2. The summed E-state index contributed by atoms with van der Waals surface area (Å²) >= 11 is 0. The van der Waals surface area contributed by atoms with Crippen molar-refractivity contribution in [1.29, 1.82) is 0 Å². The maximum Gasteiger partial charge on any atom is 1.00 e. The Balaban J connectivity index is -0.0000000980. The molecule has 2 rings (SSSR count). The average Bonchev–Trinajstić information content (AvgIpc) is 2.52. The molecule has 2 aromatic rings. The minimum atomic E-state index is -4.61. The van der Waals surface area contributed by atoms with Gasteiger partial charge in [0, 0.05) is 0 Å². The van der Waals surface area contributed by atoms with Crippen LogP contribution in [0, 0.1) is 0 Å². The van der Waals surface area contributed by atoms with Crippen LogP contribution in [0.25, 0.3) is 0 Å². The summed E-state index contributed by atoms with van der Waals surface area (Å²) in [6.07, 6.45) is 0. The van der Waals surface area contributed by atoms with Crippen molar-refractivity contribution >= 4 is 40.5 Å². The molecule has 34 heavy (non-hydrogen) atoms. The van der Waals surface area contributed by atoms with Crippen molar-refractivity contribution in [3.8, 4) is 0 Å². The van der Waals surface area contributed by atoms with Crippen LogP contribution in [-0.4, -0.2) is 51.9 Å². The fraction of sp³-hybridized carbons (Fsp3) is 0. The minimum Gasteiger partial charge on any atom is -0.744 e. The molecule has 0 saturated heterocycles. The summed E-state index contributed by atoms with van der Waals surface area (Å²) in [4.78, 5) is -2.32. The Morgan fingerprint density at radius 1 is 0.324 bits per heavy atom. The Morgan fingerprint density at radius 3 is 0.471 bits per heavy atom. The number of hydrogen-bond donors (Lipinski definition) is 0. The molecule has 0 radical (unpaired) electrons. The van der Waals surface area contributed by atoms with Crippen LogP contribution >= 0.6 is 0 Å². The number of benzene rings is 2. The van der Waals surface area contributed by atoms with Crippen LogP contribution in [0.15, 0.2) is 68.1 Å². The van der Waals surface area contributed by atoms with Crippen molar-refractivity contribution in [2.45, 2.75) is 19.6 Å². The van der Waals surface area contributed by atoms with Gasteiger partial charge in [-0.15, -0.1) is 0 Å². The predicted molar refractivity (Wildman–Crippen MR) is 84.7 cm³/mol. The zero-order valence-corrected chi connectivity index (χ0v) is 34.4. The molecule has 12 nitrogen and oxygen atoms in total. The van der Waals surface area contributed by atoms with E-state index in [4.69, 9.17) is 0 Å². The molecule has 0 aliphatic rings. The summed E-state index contributed by atoms with van der Waals surface area (Å²) in [7, 11) is -18.4. The summed E-state index contributed by atoms with van der Waals surface area (Å²) in [5.41, 5.74) is 0. The normalized spacial score (nSPS) is 10.5. The van der Waals surface area contributed by atoms with Crippen molar-refractivity contribution in [2.24, 2.45) is 0 Å². The van der Waals surface area contributed by atoms with Gasteiger partial charge in [-0.05, 0) is 48.5 Å².